The first-order chi connectivity index (χ1) is 14.8. The fourth-order valence-electron chi connectivity index (χ4n) is 3.38. The summed E-state index contributed by atoms with van der Waals surface area (Å²) in [6.45, 7) is 0.763. The van der Waals surface area contributed by atoms with Crippen molar-refractivity contribution in [3.8, 4) is 22.8 Å². The predicted molar refractivity (Wildman–Crippen MR) is 108 cm³/mol. The molecule has 0 radical (unpaired) electrons. The lowest BCUT2D eigenvalue weighted by molar-refractivity contribution is -0.140. The fraction of sp³-hybridized carbons (Fsp3) is 0.143. The molecule has 1 aliphatic rings. The van der Waals surface area contributed by atoms with E-state index >= 15 is 0 Å². The summed E-state index contributed by atoms with van der Waals surface area (Å²) in [6, 6.07) is 8.65. The van der Waals surface area contributed by atoms with Crippen molar-refractivity contribution in [2.75, 3.05) is 18.9 Å². The van der Waals surface area contributed by atoms with E-state index in [1.165, 1.54) is 18.4 Å². The Morgan fingerprint density at radius 3 is 2.58 bits per heavy atom. The number of carbonyl (C=O) groups excluding carboxylic acids is 1. The van der Waals surface area contributed by atoms with Gasteiger partial charge in [-0.2, -0.15) is 13.2 Å². The fourth-order valence-corrected chi connectivity index (χ4v) is 4.46. The van der Waals surface area contributed by atoms with E-state index in [-0.39, 0.29) is 37.7 Å². The average Bonchev–Trinajstić information content (AvgIpc) is 3.40. The van der Waals surface area contributed by atoms with E-state index in [9.17, 15) is 18.0 Å². The van der Waals surface area contributed by atoms with E-state index in [0.29, 0.717) is 24.7 Å². The number of hydrogen-bond acceptors (Lipinski definition) is 7. The summed E-state index contributed by atoms with van der Waals surface area (Å²) in [5.74, 6) is 0.686. The van der Waals surface area contributed by atoms with Crippen molar-refractivity contribution >= 4 is 33.0 Å². The number of pyridine rings is 1. The van der Waals surface area contributed by atoms with E-state index in [4.69, 9.17) is 19.6 Å². The van der Waals surface area contributed by atoms with Gasteiger partial charge in [0.25, 0.3) is 0 Å². The summed E-state index contributed by atoms with van der Waals surface area (Å²) in [5, 5.41) is 0.244. The normalized spacial score (nSPS) is 13.5. The van der Waals surface area contributed by atoms with Gasteiger partial charge in [-0.1, -0.05) is 0 Å². The second-order valence-electron chi connectivity index (χ2n) is 6.74. The summed E-state index contributed by atoms with van der Waals surface area (Å²) in [7, 11) is 0. The first-order valence-corrected chi connectivity index (χ1v) is 9.93. The highest BCUT2D eigenvalue weighted by Crippen LogP contribution is 2.43. The van der Waals surface area contributed by atoms with E-state index in [2.05, 4.69) is 4.98 Å². The topological polar surface area (TPSA) is 87.6 Å². The van der Waals surface area contributed by atoms with Crippen LogP contribution < -0.4 is 15.2 Å². The Morgan fingerprint density at radius 2 is 1.87 bits per heavy atom. The number of fused-ring (bicyclic) bond motifs is 2. The largest absolute Gasteiger partial charge is 0.486 e. The average molecular weight is 446 g/mol. The van der Waals surface area contributed by atoms with Crippen LogP contribution in [0, 0.1) is 0 Å². The van der Waals surface area contributed by atoms with Gasteiger partial charge in [0.15, 0.2) is 11.5 Å². The van der Waals surface area contributed by atoms with Crippen LogP contribution in [-0.4, -0.2) is 24.0 Å². The van der Waals surface area contributed by atoms with E-state index in [0.717, 1.165) is 17.4 Å². The van der Waals surface area contributed by atoms with Gasteiger partial charge in [0.2, 0.25) is 5.78 Å². The first-order valence-electron chi connectivity index (χ1n) is 9.11. The summed E-state index contributed by atoms with van der Waals surface area (Å²) >= 11 is 0.807. The van der Waals surface area contributed by atoms with Crippen molar-refractivity contribution in [2.24, 2.45) is 0 Å². The standard InChI is InChI=1S/C21H13F3N2O4S/c22-21(23,24)15-9-11(12-2-1-5-28-12)16-17(25)19(31-20(16)26-15)18(27)10-3-4-13-14(8-10)30-7-6-29-13/h1-5,8-9H,6-7,25H2. The molecular weight excluding hydrogens is 433 g/mol. The molecule has 0 amide bonds. The van der Waals surface area contributed by atoms with Gasteiger partial charge in [0.05, 0.1) is 12.0 Å². The zero-order valence-corrected chi connectivity index (χ0v) is 16.5. The molecule has 0 fully saturated rings. The number of ketones is 1. The highest BCUT2D eigenvalue weighted by atomic mass is 32.1. The van der Waals surface area contributed by atoms with Crippen molar-refractivity contribution in [3.63, 3.8) is 0 Å². The van der Waals surface area contributed by atoms with Crippen molar-refractivity contribution in [2.45, 2.75) is 6.18 Å². The van der Waals surface area contributed by atoms with Crippen molar-refractivity contribution in [1.29, 1.82) is 0 Å². The van der Waals surface area contributed by atoms with Crippen LogP contribution in [0.15, 0.2) is 47.1 Å². The number of alkyl halides is 3. The Labute approximate surface area is 177 Å². The molecule has 0 saturated carbocycles. The van der Waals surface area contributed by atoms with E-state index < -0.39 is 17.7 Å². The Hall–Kier alpha value is -3.53. The number of anilines is 1. The van der Waals surface area contributed by atoms with Crippen LogP contribution >= 0.6 is 11.3 Å². The van der Waals surface area contributed by atoms with Gasteiger partial charge >= 0.3 is 6.18 Å². The zero-order valence-electron chi connectivity index (χ0n) is 15.7. The number of hydrogen-bond donors (Lipinski definition) is 1. The van der Waals surface area contributed by atoms with Crippen LogP contribution in [0.3, 0.4) is 0 Å². The smallest absolute Gasteiger partial charge is 0.433 e. The van der Waals surface area contributed by atoms with Gasteiger partial charge in [-0.05, 0) is 36.4 Å². The van der Waals surface area contributed by atoms with Crippen molar-refractivity contribution in [1.82, 2.24) is 4.98 Å². The minimum Gasteiger partial charge on any atom is -0.486 e. The number of nitrogens with zero attached hydrogens (tertiary/aromatic N) is 1. The SMILES string of the molecule is Nc1c(C(=O)c2ccc3c(c2)OCCO3)sc2nc(C(F)(F)F)cc(-c3ccco3)c12. The molecule has 0 saturated heterocycles. The summed E-state index contributed by atoms with van der Waals surface area (Å²) in [5.41, 5.74) is 5.61. The molecule has 1 aliphatic heterocycles. The molecule has 6 nitrogen and oxygen atoms in total. The highest BCUT2D eigenvalue weighted by Gasteiger charge is 2.35. The lowest BCUT2D eigenvalue weighted by Crippen LogP contribution is -2.15. The molecule has 0 unspecified atom stereocenters. The maximum atomic E-state index is 13.4. The molecule has 3 aromatic heterocycles. The minimum absolute atomic E-state index is 0.000353. The zero-order chi connectivity index (χ0) is 21.8. The van der Waals surface area contributed by atoms with Gasteiger partial charge < -0.3 is 19.6 Å². The molecule has 10 heteroatoms. The second kappa shape index (κ2) is 7.02. The monoisotopic (exact) mass is 446 g/mol. The molecule has 2 N–H and O–H groups in total. The van der Waals surface area contributed by atoms with Crippen LogP contribution in [0.2, 0.25) is 0 Å². The third-order valence-electron chi connectivity index (χ3n) is 4.79. The number of furan rings is 1. The van der Waals surface area contributed by atoms with Crippen molar-refractivity contribution < 1.29 is 31.9 Å². The van der Waals surface area contributed by atoms with Crippen LogP contribution in [0.25, 0.3) is 21.5 Å². The van der Waals surface area contributed by atoms with Crippen molar-refractivity contribution in [3.05, 3.63) is 58.8 Å². The number of thiophene rings is 1. The summed E-state index contributed by atoms with van der Waals surface area (Å²) in [6.07, 6.45) is -3.33. The quantitative estimate of drug-likeness (QED) is 0.438. The number of rotatable bonds is 3. The van der Waals surface area contributed by atoms with Crippen LogP contribution in [0.5, 0.6) is 11.5 Å². The molecule has 0 aliphatic carbocycles. The Balaban J connectivity index is 1.68. The number of halogens is 3. The Kier molecular flexibility index (Phi) is 4.40. The number of nitrogen functional groups attached to an aromatic ring is 1. The van der Waals surface area contributed by atoms with E-state index in [1.807, 2.05) is 0 Å². The first kappa shape index (κ1) is 19.4. The van der Waals surface area contributed by atoms with Crippen LogP contribution in [0.1, 0.15) is 20.9 Å². The molecule has 5 rings (SSSR count). The number of nitrogens with two attached hydrogens (primary N) is 1. The predicted octanol–water partition coefficient (Wildman–Crippen LogP) is 5.16. The van der Waals surface area contributed by atoms with Gasteiger partial charge in [0.1, 0.15) is 34.4 Å². The lowest BCUT2D eigenvalue weighted by atomic mass is 10.0. The number of carbonyl (C=O) groups is 1. The van der Waals surface area contributed by atoms with Gasteiger partial charge in [-0.3, -0.25) is 4.79 Å². The van der Waals surface area contributed by atoms with Gasteiger partial charge in [-0.25, -0.2) is 4.98 Å². The van der Waals surface area contributed by atoms with E-state index in [1.54, 1.807) is 18.2 Å². The van der Waals surface area contributed by atoms with Gasteiger partial charge in [-0.15, -0.1) is 11.3 Å². The number of ether oxygens (including phenoxy) is 2. The molecule has 158 valence electrons. The molecule has 1 aromatic carbocycles. The molecule has 4 heterocycles. The highest BCUT2D eigenvalue weighted by molar-refractivity contribution is 7.21. The second-order valence-corrected chi connectivity index (χ2v) is 7.74. The molecule has 0 bridgehead atoms. The third-order valence-corrected chi connectivity index (χ3v) is 5.88. The Bertz CT molecular complexity index is 1310. The Morgan fingerprint density at radius 1 is 1.10 bits per heavy atom. The molecular formula is C21H13F3N2O4S. The third kappa shape index (κ3) is 3.28. The lowest BCUT2D eigenvalue weighted by Gasteiger charge is -2.18. The molecule has 31 heavy (non-hydrogen) atoms. The number of benzene rings is 1. The minimum atomic E-state index is -4.67. The van der Waals surface area contributed by atoms with Gasteiger partial charge in [0, 0.05) is 16.5 Å². The number of aromatic nitrogens is 1. The molecule has 0 atom stereocenters. The van der Waals surface area contributed by atoms with Crippen LogP contribution in [0.4, 0.5) is 18.9 Å². The maximum Gasteiger partial charge on any atom is 0.433 e. The summed E-state index contributed by atoms with van der Waals surface area (Å²) < 4.78 is 56.5. The van der Waals surface area contributed by atoms with Crippen LogP contribution in [-0.2, 0) is 6.18 Å². The molecule has 4 aromatic rings. The maximum absolute atomic E-state index is 13.4. The summed E-state index contributed by atoms with van der Waals surface area (Å²) in [4.78, 5) is 17.0. The molecule has 0 spiro atoms.